The van der Waals surface area contributed by atoms with Gasteiger partial charge in [-0.3, -0.25) is 14.4 Å². The van der Waals surface area contributed by atoms with Gasteiger partial charge in [-0.15, -0.1) is 0 Å². The fourth-order valence-corrected chi connectivity index (χ4v) is 7.18. The van der Waals surface area contributed by atoms with Crippen LogP contribution in [0.3, 0.4) is 0 Å². The molecule has 7 atom stereocenters. The third-order valence-corrected chi connectivity index (χ3v) is 9.02. The summed E-state index contributed by atoms with van der Waals surface area (Å²) in [7, 11) is 0. The van der Waals surface area contributed by atoms with Crippen LogP contribution in [-0.2, 0) is 23.9 Å². The highest BCUT2D eigenvalue weighted by Gasteiger charge is 2.80. The van der Waals surface area contributed by atoms with E-state index < -0.39 is 59.5 Å². The lowest BCUT2D eigenvalue weighted by atomic mass is 9.62. The van der Waals surface area contributed by atoms with E-state index in [1.54, 1.807) is 31.2 Å². The van der Waals surface area contributed by atoms with Crippen molar-refractivity contribution < 1.29 is 29.0 Å². The number of carbonyl (C=O) groups excluding carboxylic acids is 3. The molecule has 3 heterocycles. The second-order valence-corrected chi connectivity index (χ2v) is 11.1. The average Bonchev–Trinajstić information content (AvgIpc) is 3.40. The maximum absolute atomic E-state index is 14.3. The van der Waals surface area contributed by atoms with Crippen LogP contribution in [0.15, 0.2) is 48.5 Å². The largest absolute Gasteiger partial charge is 0.466 e. The predicted octanol–water partition coefficient (Wildman–Crippen LogP) is 3.89. The third-order valence-electron chi connectivity index (χ3n) is 8.70. The molecule has 3 aliphatic rings. The van der Waals surface area contributed by atoms with E-state index >= 15 is 0 Å². The summed E-state index contributed by atoms with van der Waals surface area (Å²) in [6.07, 6.45) is 0.402. The molecule has 3 saturated heterocycles. The van der Waals surface area contributed by atoms with Crippen molar-refractivity contribution in [2.24, 2.45) is 17.8 Å². The number of anilines is 1. The van der Waals surface area contributed by atoms with Crippen molar-refractivity contribution in [1.82, 2.24) is 4.90 Å². The number of nitrogens with zero attached hydrogens (tertiary/aromatic N) is 1. The van der Waals surface area contributed by atoms with E-state index in [0.717, 1.165) is 5.56 Å². The Balaban J connectivity index is 1.66. The number of likely N-dealkylation sites (tertiary alicyclic amines) is 1. The number of aliphatic hydroxyl groups is 1. The van der Waals surface area contributed by atoms with Crippen LogP contribution in [0, 0.1) is 24.7 Å². The molecule has 9 heteroatoms. The Labute approximate surface area is 227 Å². The molecule has 2 aromatic rings. The van der Waals surface area contributed by atoms with Crippen LogP contribution >= 0.6 is 11.6 Å². The van der Waals surface area contributed by atoms with Crippen LogP contribution in [0.5, 0.6) is 0 Å². The minimum Gasteiger partial charge on any atom is -0.466 e. The lowest BCUT2D eigenvalue weighted by Crippen LogP contribution is -2.54. The topological polar surface area (TPSA) is 105 Å². The van der Waals surface area contributed by atoms with Crippen LogP contribution in [-0.4, -0.2) is 58.2 Å². The number of hydrogen-bond donors (Lipinski definition) is 2. The van der Waals surface area contributed by atoms with Crippen molar-refractivity contribution >= 4 is 35.1 Å². The van der Waals surface area contributed by atoms with Crippen LogP contribution < -0.4 is 5.32 Å². The van der Waals surface area contributed by atoms with E-state index in [0.29, 0.717) is 22.7 Å². The Kier molecular flexibility index (Phi) is 6.78. The smallest absolute Gasteiger partial charge is 0.312 e. The second kappa shape index (κ2) is 9.67. The number of para-hydroxylation sites is 1. The molecule has 202 valence electrons. The molecule has 0 radical (unpaired) electrons. The molecule has 2 N–H and O–H groups in total. The van der Waals surface area contributed by atoms with E-state index in [2.05, 4.69) is 5.32 Å². The van der Waals surface area contributed by atoms with Crippen LogP contribution in [0.2, 0.25) is 5.02 Å². The van der Waals surface area contributed by atoms with Gasteiger partial charge >= 0.3 is 5.97 Å². The van der Waals surface area contributed by atoms with E-state index in [1.165, 1.54) is 4.90 Å². The summed E-state index contributed by atoms with van der Waals surface area (Å²) >= 11 is 6.44. The van der Waals surface area contributed by atoms with Crippen molar-refractivity contribution in [3.05, 3.63) is 64.7 Å². The second-order valence-electron chi connectivity index (χ2n) is 10.7. The van der Waals surface area contributed by atoms with Crippen molar-refractivity contribution in [2.75, 3.05) is 18.5 Å². The first kappa shape index (κ1) is 26.7. The molecular weight excluding hydrogens is 508 g/mol. The molecule has 5 rings (SSSR count). The zero-order valence-electron chi connectivity index (χ0n) is 21.9. The number of fused-ring (bicyclic) bond motifs is 1. The fraction of sp³-hybridized carbons (Fsp3) is 0.483. The first-order valence-corrected chi connectivity index (χ1v) is 13.4. The van der Waals surface area contributed by atoms with Gasteiger partial charge in [-0.1, -0.05) is 61.0 Å². The number of nitrogens with one attached hydrogen (secondary N) is 1. The minimum atomic E-state index is -1.27. The van der Waals surface area contributed by atoms with Crippen molar-refractivity contribution in [3.63, 3.8) is 0 Å². The Morgan fingerprint density at radius 3 is 2.58 bits per heavy atom. The zero-order valence-corrected chi connectivity index (χ0v) is 22.7. The standard InChI is InChI=1S/C29H33ClN2O6/c1-5-37-27(36)22-21-26(35)32(20(15-33)18-11-7-6-8-12-18)24(29(21)14-17(3)28(22,4)38-29)25(34)31-23-16(2)10-9-13-19(23)30/h6-13,17,20-22,24,33H,5,14-15H2,1-4H3,(H,31,34)/t17?,20-,21+,22-,24?,28+,29?/m1/s1. The monoisotopic (exact) mass is 540 g/mol. The normalized spacial score (nSPS) is 32.3. The number of aliphatic hydroxyl groups excluding tert-OH is 1. The highest BCUT2D eigenvalue weighted by Crippen LogP contribution is 2.66. The Morgan fingerprint density at radius 1 is 1.24 bits per heavy atom. The number of halogens is 1. The van der Waals surface area contributed by atoms with Crippen LogP contribution in [0.4, 0.5) is 5.69 Å². The van der Waals surface area contributed by atoms with Gasteiger partial charge in [-0.25, -0.2) is 0 Å². The summed E-state index contributed by atoms with van der Waals surface area (Å²) in [6.45, 7) is 7.10. The molecule has 3 unspecified atom stereocenters. The van der Waals surface area contributed by atoms with Gasteiger partial charge in [0.2, 0.25) is 11.8 Å². The minimum absolute atomic E-state index is 0.123. The van der Waals surface area contributed by atoms with Gasteiger partial charge in [-0.05, 0) is 50.3 Å². The van der Waals surface area contributed by atoms with E-state index in [-0.39, 0.29) is 12.5 Å². The summed E-state index contributed by atoms with van der Waals surface area (Å²) in [5.41, 5.74) is -0.365. The fourth-order valence-electron chi connectivity index (χ4n) is 6.91. The Hall–Kier alpha value is -2.94. The van der Waals surface area contributed by atoms with Crippen molar-refractivity contribution in [1.29, 1.82) is 0 Å². The number of amides is 2. The number of hydrogen-bond acceptors (Lipinski definition) is 6. The summed E-state index contributed by atoms with van der Waals surface area (Å²) in [5.74, 6) is -3.32. The molecular formula is C29H33ClN2O6. The molecule has 2 amide bonds. The highest BCUT2D eigenvalue weighted by atomic mass is 35.5. The molecule has 8 nitrogen and oxygen atoms in total. The molecule has 2 bridgehead atoms. The lowest BCUT2D eigenvalue weighted by molar-refractivity contribution is -0.162. The van der Waals surface area contributed by atoms with E-state index in [9.17, 15) is 19.5 Å². The highest BCUT2D eigenvalue weighted by molar-refractivity contribution is 6.34. The Bertz CT molecular complexity index is 1250. The van der Waals surface area contributed by atoms with Gasteiger partial charge in [-0.2, -0.15) is 0 Å². The van der Waals surface area contributed by atoms with Gasteiger partial charge in [0, 0.05) is 0 Å². The quantitative estimate of drug-likeness (QED) is 0.516. The van der Waals surface area contributed by atoms with Crippen molar-refractivity contribution in [2.45, 2.75) is 57.4 Å². The van der Waals surface area contributed by atoms with Gasteiger partial charge in [0.25, 0.3) is 0 Å². The lowest BCUT2D eigenvalue weighted by Gasteiger charge is -2.37. The molecule has 0 aromatic heterocycles. The molecule has 1 spiro atoms. The number of esters is 1. The number of carbonyl (C=O) groups is 3. The first-order chi connectivity index (χ1) is 18.1. The summed E-state index contributed by atoms with van der Waals surface area (Å²) in [5, 5.41) is 13.9. The van der Waals surface area contributed by atoms with Crippen LogP contribution in [0.1, 0.15) is 44.4 Å². The van der Waals surface area contributed by atoms with Crippen LogP contribution in [0.25, 0.3) is 0 Å². The van der Waals surface area contributed by atoms with E-state index in [4.69, 9.17) is 21.1 Å². The predicted molar refractivity (Wildman–Crippen MR) is 141 cm³/mol. The van der Waals surface area contributed by atoms with Gasteiger partial charge in [0.15, 0.2) is 0 Å². The van der Waals surface area contributed by atoms with Gasteiger partial charge < -0.3 is 24.8 Å². The molecule has 0 aliphatic carbocycles. The zero-order chi connectivity index (χ0) is 27.4. The third kappa shape index (κ3) is 3.76. The summed E-state index contributed by atoms with van der Waals surface area (Å²) < 4.78 is 12.1. The summed E-state index contributed by atoms with van der Waals surface area (Å²) in [4.78, 5) is 43.3. The summed E-state index contributed by atoms with van der Waals surface area (Å²) in [6, 6.07) is 12.4. The molecule has 2 aromatic carbocycles. The van der Waals surface area contributed by atoms with E-state index in [1.807, 2.05) is 45.0 Å². The molecule has 38 heavy (non-hydrogen) atoms. The molecule has 0 saturated carbocycles. The van der Waals surface area contributed by atoms with Gasteiger partial charge in [0.1, 0.15) is 17.6 Å². The average molecular weight is 541 g/mol. The maximum Gasteiger partial charge on any atom is 0.312 e. The first-order valence-electron chi connectivity index (χ1n) is 13.0. The molecule has 3 aliphatic heterocycles. The molecule has 3 fully saturated rings. The number of rotatable bonds is 7. The van der Waals surface area contributed by atoms with Gasteiger partial charge in [0.05, 0.1) is 41.5 Å². The number of ether oxygens (including phenoxy) is 2. The van der Waals surface area contributed by atoms with Crippen molar-refractivity contribution in [3.8, 4) is 0 Å². The number of aryl methyl sites for hydroxylation is 1. The SMILES string of the molecule is CCOC(=O)[C@H]1[C@H]2C(=O)N([C@H](CO)c3ccccc3)C(C(=O)Nc3c(C)cccc3Cl)C23CC(C)[C@]1(C)O3. The Morgan fingerprint density at radius 2 is 1.95 bits per heavy atom. The number of benzene rings is 2. The maximum atomic E-state index is 14.3.